The third-order valence-corrected chi connectivity index (χ3v) is 5.49. The second-order valence-electron chi connectivity index (χ2n) is 7.52. The van der Waals surface area contributed by atoms with E-state index < -0.39 is 5.97 Å². The molecule has 3 aromatic carbocycles. The van der Waals surface area contributed by atoms with Gasteiger partial charge in [0.15, 0.2) is 0 Å². The van der Waals surface area contributed by atoms with Crippen molar-refractivity contribution in [2.24, 2.45) is 11.0 Å². The smallest absolute Gasteiger partial charge is 0.343 e. The van der Waals surface area contributed by atoms with Crippen LogP contribution >= 0.6 is 0 Å². The molecule has 30 heavy (non-hydrogen) atoms. The van der Waals surface area contributed by atoms with Gasteiger partial charge in [-0.2, -0.15) is 5.10 Å². The first-order valence-electron chi connectivity index (χ1n) is 10.3. The summed E-state index contributed by atoms with van der Waals surface area (Å²) < 4.78 is 5.67. The van der Waals surface area contributed by atoms with E-state index >= 15 is 0 Å². The minimum Gasteiger partial charge on any atom is -0.422 e. The van der Waals surface area contributed by atoms with Crippen LogP contribution in [0.4, 0.5) is 0 Å². The standard InChI is InChI=1S/C25H24N2O3/c28-24(19-10-3-1-4-11-19)27-26-17-22-21-14-8-7-9-18(21)15-16-23(22)30-25(29)20-12-5-2-6-13-20/h2,5-9,12-17,19H,1,3-4,10-11H2,(H,27,28)/b26-17-. The van der Waals surface area contributed by atoms with Crippen molar-refractivity contribution in [1.82, 2.24) is 5.43 Å². The van der Waals surface area contributed by atoms with Crippen LogP contribution in [0.3, 0.4) is 0 Å². The first kappa shape index (κ1) is 19.8. The highest BCUT2D eigenvalue weighted by Gasteiger charge is 2.20. The molecule has 0 atom stereocenters. The number of hydrogen-bond acceptors (Lipinski definition) is 4. The molecule has 5 nitrogen and oxygen atoms in total. The number of ether oxygens (including phenoxy) is 1. The monoisotopic (exact) mass is 400 g/mol. The maximum absolute atomic E-state index is 12.6. The summed E-state index contributed by atoms with van der Waals surface area (Å²) in [5.74, 6) is -0.0576. The van der Waals surface area contributed by atoms with Gasteiger partial charge in [0.05, 0.1) is 11.8 Å². The number of rotatable bonds is 5. The number of benzene rings is 3. The van der Waals surface area contributed by atoms with Gasteiger partial charge in [0.2, 0.25) is 5.91 Å². The molecule has 1 aliphatic rings. The fraction of sp³-hybridized carbons (Fsp3) is 0.240. The van der Waals surface area contributed by atoms with Gasteiger partial charge in [0.25, 0.3) is 0 Å². The highest BCUT2D eigenvalue weighted by Crippen LogP contribution is 2.28. The van der Waals surface area contributed by atoms with Crippen molar-refractivity contribution >= 4 is 28.9 Å². The largest absolute Gasteiger partial charge is 0.422 e. The van der Waals surface area contributed by atoms with E-state index in [4.69, 9.17) is 4.74 Å². The van der Waals surface area contributed by atoms with E-state index in [0.29, 0.717) is 16.9 Å². The van der Waals surface area contributed by atoms with Crippen LogP contribution in [0.25, 0.3) is 10.8 Å². The zero-order valence-corrected chi connectivity index (χ0v) is 16.7. The predicted molar refractivity (Wildman–Crippen MR) is 118 cm³/mol. The van der Waals surface area contributed by atoms with E-state index in [0.717, 1.165) is 36.5 Å². The van der Waals surface area contributed by atoms with E-state index in [9.17, 15) is 9.59 Å². The Balaban J connectivity index is 1.59. The summed E-state index contributed by atoms with van der Waals surface area (Å²) in [6.45, 7) is 0. The molecule has 0 bridgehead atoms. The van der Waals surface area contributed by atoms with Crippen LogP contribution in [0.15, 0.2) is 71.8 Å². The van der Waals surface area contributed by atoms with Gasteiger partial charge in [-0.3, -0.25) is 4.79 Å². The molecule has 1 amide bonds. The Morgan fingerprint density at radius 3 is 2.43 bits per heavy atom. The number of nitrogens with zero attached hydrogens (tertiary/aromatic N) is 1. The van der Waals surface area contributed by atoms with Crippen molar-refractivity contribution in [2.75, 3.05) is 0 Å². The first-order valence-corrected chi connectivity index (χ1v) is 10.3. The lowest BCUT2D eigenvalue weighted by atomic mass is 9.89. The van der Waals surface area contributed by atoms with Crippen LogP contribution in [0.1, 0.15) is 48.0 Å². The van der Waals surface area contributed by atoms with Crippen molar-refractivity contribution in [2.45, 2.75) is 32.1 Å². The Bertz CT molecular complexity index is 1070. The summed E-state index contributed by atoms with van der Waals surface area (Å²) in [6, 6.07) is 20.3. The van der Waals surface area contributed by atoms with Gasteiger partial charge in [-0.15, -0.1) is 0 Å². The van der Waals surface area contributed by atoms with Crippen molar-refractivity contribution in [1.29, 1.82) is 0 Å². The summed E-state index contributed by atoms with van der Waals surface area (Å²) in [5.41, 5.74) is 3.79. The number of hydrazone groups is 1. The summed E-state index contributed by atoms with van der Waals surface area (Å²) >= 11 is 0. The van der Waals surface area contributed by atoms with Crippen molar-refractivity contribution < 1.29 is 14.3 Å². The fourth-order valence-corrected chi connectivity index (χ4v) is 3.85. The molecule has 0 saturated heterocycles. The van der Waals surface area contributed by atoms with Crippen LogP contribution in [-0.2, 0) is 4.79 Å². The molecule has 0 aromatic heterocycles. The number of carbonyl (C=O) groups excluding carboxylic acids is 2. The first-order chi connectivity index (χ1) is 14.7. The summed E-state index contributed by atoms with van der Waals surface area (Å²) in [6.07, 6.45) is 6.76. The Labute approximate surface area is 175 Å². The molecule has 1 N–H and O–H groups in total. The van der Waals surface area contributed by atoms with Crippen LogP contribution in [0.5, 0.6) is 5.75 Å². The molecule has 1 saturated carbocycles. The molecule has 0 unspecified atom stereocenters. The molecular weight excluding hydrogens is 376 g/mol. The topological polar surface area (TPSA) is 67.8 Å². The van der Waals surface area contributed by atoms with Gasteiger partial charge in [-0.1, -0.05) is 67.8 Å². The SMILES string of the molecule is O=C(Oc1ccc2ccccc2c1/C=N\NC(=O)C1CCCCC1)c1ccccc1. The van der Waals surface area contributed by atoms with E-state index in [2.05, 4.69) is 10.5 Å². The zero-order valence-electron chi connectivity index (χ0n) is 16.7. The zero-order chi connectivity index (χ0) is 20.8. The van der Waals surface area contributed by atoms with E-state index in [1.165, 1.54) is 6.42 Å². The van der Waals surface area contributed by atoms with Crippen LogP contribution in [-0.4, -0.2) is 18.1 Å². The summed E-state index contributed by atoms with van der Waals surface area (Å²) in [5, 5.41) is 6.08. The highest BCUT2D eigenvalue weighted by molar-refractivity contribution is 6.04. The van der Waals surface area contributed by atoms with Crippen molar-refractivity contribution in [3.63, 3.8) is 0 Å². The highest BCUT2D eigenvalue weighted by atomic mass is 16.5. The van der Waals surface area contributed by atoms with Crippen molar-refractivity contribution in [3.8, 4) is 5.75 Å². The number of nitrogens with one attached hydrogen (secondary N) is 1. The third kappa shape index (κ3) is 4.57. The van der Waals surface area contributed by atoms with E-state index in [1.807, 2.05) is 36.4 Å². The van der Waals surface area contributed by atoms with Crippen LogP contribution in [0, 0.1) is 5.92 Å². The quantitative estimate of drug-likeness (QED) is 0.281. The molecule has 5 heteroatoms. The van der Waals surface area contributed by atoms with Gasteiger partial charge < -0.3 is 4.74 Å². The molecular formula is C25H24N2O3. The molecule has 1 fully saturated rings. The van der Waals surface area contributed by atoms with E-state index in [1.54, 1.807) is 36.5 Å². The maximum atomic E-state index is 12.6. The molecule has 0 aliphatic heterocycles. The normalized spacial score (nSPS) is 14.7. The molecule has 0 spiro atoms. The average Bonchev–Trinajstić information content (AvgIpc) is 2.81. The van der Waals surface area contributed by atoms with Crippen molar-refractivity contribution in [3.05, 3.63) is 77.9 Å². The Morgan fingerprint density at radius 2 is 1.63 bits per heavy atom. The van der Waals surface area contributed by atoms with E-state index in [-0.39, 0.29) is 11.8 Å². The molecule has 4 rings (SSSR count). The summed E-state index contributed by atoms with van der Waals surface area (Å²) in [4.78, 5) is 24.9. The lowest BCUT2D eigenvalue weighted by Gasteiger charge is -2.19. The lowest BCUT2D eigenvalue weighted by molar-refractivity contribution is -0.125. The van der Waals surface area contributed by atoms with Gasteiger partial charge in [0, 0.05) is 11.5 Å². The Morgan fingerprint density at radius 1 is 0.900 bits per heavy atom. The fourth-order valence-electron chi connectivity index (χ4n) is 3.85. The number of amides is 1. The molecule has 3 aromatic rings. The third-order valence-electron chi connectivity index (χ3n) is 5.49. The maximum Gasteiger partial charge on any atom is 0.343 e. The Hall–Kier alpha value is -3.47. The lowest BCUT2D eigenvalue weighted by Crippen LogP contribution is -2.28. The van der Waals surface area contributed by atoms with Gasteiger partial charge in [-0.05, 0) is 41.8 Å². The molecule has 152 valence electrons. The predicted octanol–water partition coefficient (Wildman–Crippen LogP) is 5.09. The molecule has 1 aliphatic carbocycles. The van der Waals surface area contributed by atoms with Crippen LogP contribution < -0.4 is 10.2 Å². The average molecular weight is 400 g/mol. The van der Waals surface area contributed by atoms with Gasteiger partial charge >= 0.3 is 5.97 Å². The van der Waals surface area contributed by atoms with Gasteiger partial charge in [0.1, 0.15) is 5.75 Å². The number of fused-ring (bicyclic) bond motifs is 1. The van der Waals surface area contributed by atoms with Gasteiger partial charge in [-0.25, -0.2) is 10.2 Å². The Kier molecular flexibility index (Phi) is 6.18. The minimum atomic E-state index is -0.438. The number of hydrogen-bond donors (Lipinski definition) is 1. The van der Waals surface area contributed by atoms with Crippen LogP contribution in [0.2, 0.25) is 0 Å². The number of esters is 1. The number of carbonyl (C=O) groups is 2. The second kappa shape index (κ2) is 9.35. The second-order valence-corrected chi connectivity index (χ2v) is 7.52. The molecule has 0 heterocycles. The minimum absolute atomic E-state index is 0.0267. The summed E-state index contributed by atoms with van der Waals surface area (Å²) in [7, 11) is 0. The molecule has 0 radical (unpaired) electrons.